The third-order valence-corrected chi connectivity index (χ3v) is 7.08. The second-order valence-corrected chi connectivity index (χ2v) is 11.5. The number of rotatable bonds is 9. The summed E-state index contributed by atoms with van der Waals surface area (Å²) >= 11 is 12.4. The van der Waals surface area contributed by atoms with Crippen molar-refractivity contribution in [1.29, 1.82) is 0 Å². The number of carbonyl (C=O) groups excluding carboxylic acids is 2. The average molecular weight is 570 g/mol. The van der Waals surface area contributed by atoms with Gasteiger partial charge in [-0.25, -0.2) is 0 Å². The van der Waals surface area contributed by atoms with Crippen LogP contribution in [0.2, 0.25) is 10.0 Å². The minimum atomic E-state index is -0.728. The molecule has 1 N–H and O–H groups in total. The molecule has 0 fully saturated rings. The van der Waals surface area contributed by atoms with E-state index in [2.05, 4.69) is 5.32 Å². The molecule has 3 aromatic carbocycles. The molecule has 6 nitrogen and oxygen atoms in total. The molecule has 1 heterocycles. The minimum Gasteiger partial charge on any atom is -0.486 e. The van der Waals surface area contributed by atoms with Crippen molar-refractivity contribution in [3.05, 3.63) is 93.5 Å². The van der Waals surface area contributed by atoms with Gasteiger partial charge in [0.2, 0.25) is 11.8 Å². The molecule has 3 aromatic rings. The molecule has 0 aromatic heterocycles. The summed E-state index contributed by atoms with van der Waals surface area (Å²) in [4.78, 5) is 29.2. The largest absolute Gasteiger partial charge is 0.486 e. The van der Waals surface area contributed by atoms with Crippen molar-refractivity contribution >= 4 is 35.0 Å². The van der Waals surface area contributed by atoms with Crippen LogP contribution in [0.25, 0.3) is 0 Å². The monoisotopic (exact) mass is 568 g/mol. The molecule has 4 rings (SSSR count). The Hall–Kier alpha value is -3.22. The van der Waals surface area contributed by atoms with Crippen LogP contribution >= 0.6 is 23.2 Å². The predicted molar refractivity (Wildman–Crippen MR) is 155 cm³/mol. The molecule has 0 aliphatic carbocycles. The Morgan fingerprint density at radius 3 is 2.26 bits per heavy atom. The highest BCUT2D eigenvalue weighted by Gasteiger charge is 2.32. The van der Waals surface area contributed by atoms with Crippen molar-refractivity contribution in [3.8, 4) is 11.5 Å². The van der Waals surface area contributed by atoms with E-state index in [-0.39, 0.29) is 24.8 Å². The molecular weight excluding hydrogens is 535 g/mol. The molecule has 39 heavy (non-hydrogen) atoms. The summed E-state index contributed by atoms with van der Waals surface area (Å²) < 4.78 is 11.3. The number of hydrogen-bond donors (Lipinski definition) is 1. The molecule has 1 atom stereocenters. The maximum atomic E-state index is 13.9. The van der Waals surface area contributed by atoms with Crippen molar-refractivity contribution in [1.82, 2.24) is 10.2 Å². The van der Waals surface area contributed by atoms with Crippen molar-refractivity contribution in [2.45, 2.75) is 58.2 Å². The van der Waals surface area contributed by atoms with Gasteiger partial charge < -0.3 is 19.7 Å². The number of hydrogen-bond acceptors (Lipinski definition) is 4. The fourth-order valence-electron chi connectivity index (χ4n) is 4.48. The Bertz CT molecular complexity index is 1310. The van der Waals surface area contributed by atoms with Gasteiger partial charge in [0.1, 0.15) is 19.3 Å². The van der Waals surface area contributed by atoms with Crippen LogP contribution in [0.3, 0.4) is 0 Å². The summed E-state index contributed by atoms with van der Waals surface area (Å²) in [6.45, 7) is 7.02. The standard InChI is InChI=1S/C31H34Cl2N2O4/c1-31(2,3)34-30(37)26(18-21-7-5-4-6-8-21)35(20-23-9-12-24(32)25(33)17-23)29(36)14-11-22-10-13-27-28(19-22)39-16-15-38-27/h4-10,12-13,17,19,26H,11,14-16,18,20H2,1-3H3,(H,34,37)/t26-/m1/s1. The number of aryl methyl sites for hydroxylation is 1. The van der Waals surface area contributed by atoms with Gasteiger partial charge in [-0.15, -0.1) is 0 Å². The van der Waals surface area contributed by atoms with Gasteiger partial charge in [0.15, 0.2) is 11.5 Å². The van der Waals surface area contributed by atoms with Crippen LogP contribution in [-0.2, 0) is 29.0 Å². The number of carbonyl (C=O) groups is 2. The zero-order valence-electron chi connectivity index (χ0n) is 22.5. The first-order chi connectivity index (χ1) is 18.6. The van der Waals surface area contributed by atoms with Gasteiger partial charge >= 0.3 is 0 Å². The first-order valence-electron chi connectivity index (χ1n) is 13.1. The summed E-state index contributed by atoms with van der Waals surface area (Å²) in [6, 6.07) is 20.0. The highest BCUT2D eigenvalue weighted by Crippen LogP contribution is 2.31. The Balaban J connectivity index is 1.62. The van der Waals surface area contributed by atoms with E-state index in [0.29, 0.717) is 47.6 Å². The van der Waals surface area contributed by atoms with Crippen molar-refractivity contribution in [2.75, 3.05) is 13.2 Å². The molecule has 1 aliphatic rings. The summed E-state index contributed by atoms with van der Waals surface area (Å²) in [5.41, 5.74) is 2.25. The van der Waals surface area contributed by atoms with Crippen molar-refractivity contribution in [2.24, 2.45) is 0 Å². The Labute approximate surface area is 240 Å². The van der Waals surface area contributed by atoms with Gasteiger partial charge in [-0.2, -0.15) is 0 Å². The van der Waals surface area contributed by atoms with E-state index in [9.17, 15) is 9.59 Å². The zero-order chi connectivity index (χ0) is 28.0. The number of ether oxygens (including phenoxy) is 2. The summed E-state index contributed by atoms with van der Waals surface area (Å²) in [5.74, 6) is 1.05. The van der Waals surface area contributed by atoms with Gasteiger partial charge in [-0.05, 0) is 68.1 Å². The van der Waals surface area contributed by atoms with Crippen LogP contribution in [0, 0.1) is 0 Å². The van der Waals surface area contributed by atoms with Crippen LogP contribution in [0.1, 0.15) is 43.9 Å². The molecule has 0 spiro atoms. The molecule has 0 unspecified atom stereocenters. The van der Waals surface area contributed by atoms with Gasteiger partial charge in [0.25, 0.3) is 0 Å². The maximum absolute atomic E-state index is 13.9. The Morgan fingerprint density at radius 1 is 0.872 bits per heavy atom. The van der Waals surface area contributed by atoms with E-state index in [0.717, 1.165) is 16.7 Å². The van der Waals surface area contributed by atoms with Crippen LogP contribution in [0.4, 0.5) is 0 Å². The van der Waals surface area contributed by atoms with Crippen LogP contribution < -0.4 is 14.8 Å². The number of nitrogens with one attached hydrogen (secondary N) is 1. The summed E-state index contributed by atoms with van der Waals surface area (Å²) in [5, 5.41) is 3.91. The van der Waals surface area contributed by atoms with Crippen LogP contribution in [0.5, 0.6) is 11.5 Å². The van der Waals surface area contributed by atoms with Gasteiger partial charge in [-0.3, -0.25) is 9.59 Å². The number of benzene rings is 3. The lowest BCUT2D eigenvalue weighted by Gasteiger charge is -2.34. The van der Waals surface area contributed by atoms with Gasteiger partial charge in [-0.1, -0.05) is 65.7 Å². The molecule has 8 heteroatoms. The molecule has 1 aliphatic heterocycles. The minimum absolute atomic E-state index is 0.138. The fraction of sp³-hybridized carbons (Fsp3) is 0.355. The number of halogens is 2. The van der Waals surface area contributed by atoms with Crippen LogP contribution in [0.15, 0.2) is 66.7 Å². The molecule has 2 amide bonds. The van der Waals surface area contributed by atoms with E-state index in [1.807, 2.05) is 75.4 Å². The highest BCUT2D eigenvalue weighted by molar-refractivity contribution is 6.42. The molecule has 0 bridgehead atoms. The number of nitrogens with zero attached hydrogens (tertiary/aromatic N) is 1. The number of fused-ring (bicyclic) bond motifs is 1. The first kappa shape index (κ1) is 28.8. The van der Waals surface area contributed by atoms with Crippen LogP contribution in [-0.4, -0.2) is 41.5 Å². The highest BCUT2D eigenvalue weighted by atomic mass is 35.5. The molecular formula is C31H34Cl2N2O4. The van der Waals surface area contributed by atoms with Crippen molar-refractivity contribution < 1.29 is 19.1 Å². The normalized spacial score (nSPS) is 13.5. The van der Waals surface area contributed by atoms with E-state index in [4.69, 9.17) is 32.7 Å². The second-order valence-electron chi connectivity index (χ2n) is 10.7. The van der Waals surface area contributed by atoms with E-state index in [1.165, 1.54) is 0 Å². The lowest BCUT2D eigenvalue weighted by atomic mass is 9.99. The zero-order valence-corrected chi connectivity index (χ0v) is 24.0. The van der Waals surface area contributed by atoms with Crippen molar-refractivity contribution in [3.63, 3.8) is 0 Å². The molecule has 0 saturated heterocycles. The van der Waals surface area contributed by atoms with Gasteiger partial charge in [0.05, 0.1) is 10.0 Å². The maximum Gasteiger partial charge on any atom is 0.243 e. The smallest absolute Gasteiger partial charge is 0.243 e. The Morgan fingerprint density at radius 2 is 1.56 bits per heavy atom. The van der Waals surface area contributed by atoms with E-state index >= 15 is 0 Å². The predicted octanol–water partition coefficient (Wildman–Crippen LogP) is 6.25. The molecule has 206 valence electrons. The summed E-state index contributed by atoms with van der Waals surface area (Å²) in [6.07, 6.45) is 1.08. The number of amides is 2. The quantitative estimate of drug-likeness (QED) is 0.331. The first-order valence-corrected chi connectivity index (χ1v) is 13.8. The third-order valence-electron chi connectivity index (χ3n) is 6.34. The lowest BCUT2D eigenvalue weighted by Crippen LogP contribution is -2.54. The molecule has 0 saturated carbocycles. The Kier molecular flexibility index (Phi) is 9.41. The van der Waals surface area contributed by atoms with E-state index in [1.54, 1.807) is 17.0 Å². The second kappa shape index (κ2) is 12.8. The van der Waals surface area contributed by atoms with E-state index < -0.39 is 11.6 Å². The topological polar surface area (TPSA) is 67.9 Å². The van der Waals surface area contributed by atoms with Gasteiger partial charge in [0, 0.05) is 24.9 Å². The SMILES string of the molecule is CC(C)(C)NC(=O)[C@@H](Cc1ccccc1)N(Cc1ccc(Cl)c(Cl)c1)C(=O)CCc1ccc2c(c1)OCCO2. The molecule has 0 radical (unpaired) electrons. The summed E-state index contributed by atoms with van der Waals surface area (Å²) in [7, 11) is 0. The lowest BCUT2D eigenvalue weighted by molar-refractivity contribution is -0.141. The fourth-order valence-corrected chi connectivity index (χ4v) is 4.80. The third kappa shape index (κ3) is 8.13. The average Bonchev–Trinajstić information content (AvgIpc) is 2.90.